The van der Waals surface area contributed by atoms with Crippen LogP contribution in [0.15, 0.2) is 0 Å². The van der Waals surface area contributed by atoms with Crippen molar-refractivity contribution in [1.29, 1.82) is 0 Å². The van der Waals surface area contributed by atoms with Crippen LogP contribution in [0, 0.1) is 11.8 Å². The Hall–Kier alpha value is -0.380. The molecular weight excluding hydrogens is 368 g/mol. The Labute approximate surface area is 166 Å². The summed E-state index contributed by atoms with van der Waals surface area (Å²) in [6, 6.07) is -0.668. The maximum atomic E-state index is 12.8. The van der Waals surface area contributed by atoms with Crippen molar-refractivity contribution in [1.82, 2.24) is 10.6 Å². The zero-order chi connectivity index (χ0) is 20.1. The lowest BCUT2D eigenvalue weighted by atomic mass is 9.84. The zero-order valence-corrected chi connectivity index (χ0v) is 17.6. The molecule has 0 aliphatic carbocycles. The standard InChI is InChI=1S/C19H36N2O5S/c1-5-6-7-8-11-9-20-13(11)18(25)21-12(10(2)3)17-15(23)14(22)16(24)19(26-17)27-4/h10-17,19-20,22-24H,5-9H2,1-4H3,(H,21,25). The van der Waals surface area contributed by atoms with Crippen molar-refractivity contribution >= 4 is 17.7 Å². The van der Waals surface area contributed by atoms with Gasteiger partial charge in [0.15, 0.2) is 0 Å². The van der Waals surface area contributed by atoms with Crippen LogP contribution in [0.25, 0.3) is 0 Å². The molecule has 7 nitrogen and oxygen atoms in total. The fraction of sp³-hybridized carbons (Fsp3) is 0.947. The Morgan fingerprint density at radius 1 is 1.22 bits per heavy atom. The maximum absolute atomic E-state index is 12.8. The smallest absolute Gasteiger partial charge is 0.237 e. The average molecular weight is 405 g/mol. The predicted molar refractivity (Wildman–Crippen MR) is 106 cm³/mol. The van der Waals surface area contributed by atoms with Crippen molar-refractivity contribution in [2.24, 2.45) is 11.8 Å². The van der Waals surface area contributed by atoms with Gasteiger partial charge >= 0.3 is 0 Å². The summed E-state index contributed by atoms with van der Waals surface area (Å²) in [5.41, 5.74) is -0.643. The summed E-state index contributed by atoms with van der Waals surface area (Å²) in [6.07, 6.45) is 1.78. The van der Waals surface area contributed by atoms with Crippen molar-refractivity contribution in [2.45, 2.75) is 88.4 Å². The Morgan fingerprint density at radius 2 is 1.93 bits per heavy atom. The number of aliphatic hydroxyl groups excluding tert-OH is 3. The summed E-state index contributed by atoms with van der Waals surface area (Å²) in [7, 11) is 0. The van der Waals surface area contributed by atoms with E-state index in [2.05, 4.69) is 17.6 Å². The lowest BCUT2D eigenvalue weighted by molar-refractivity contribution is -0.208. The molecule has 2 aliphatic rings. The Balaban J connectivity index is 2.01. The fourth-order valence-corrected chi connectivity index (χ4v) is 4.56. The molecule has 8 unspecified atom stereocenters. The first-order valence-electron chi connectivity index (χ1n) is 10.1. The van der Waals surface area contributed by atoms with Gasteiger partial charge in [-0.25, -0.2) is 0 Å². The van der Waals surface area contributed by atoms with Crippen LogP contribution < -0.4 is 10.6 Å². The molecule has 0 aromatic carbocycles. The van der Waals surface area contributed by atoms with Crippen LogP contribution in [0.4, 0.5) is 0 Å². The highest BCUT2D eigenvalue weighted by Gasteiger charge is 2.48. The number of rotatable bonds is 9. The Morgan fingerprint density at radius 3 is 2.44 bits per heavy atom. The van der Waals surface area contributed by atoms with Gasteiger partial charge in [-0.3, -0.25) is 4.79 Å². The number of hydrogen-bond acceptors (Lipinski definition) is 7. The first kappa shape index (κ1) is 22.9. The van der Waals surface area contributed by atoms with E-state index in [4.69, 9.17) is 4.74 Å². The van der Waals surface area contributed by atoms with Gasteiger partial charge in [-0.15, -0.1) is 11.8 Å². The maximum Gasteiger partial charge on any atom is 0.237 e. The van der Waals surface area contributed by atoms with Crippen LogP contribution in [0.1, 0.15) is 46.5 Å². The van der Waals surface area contributed by atoms with Crippen molar-refractivity contribution in [3.63, 3.8) is 0 Å². The zero-order valence-electron chi connectivity index (χ0n) is 16.8. The van der Waals surface area contributed by atoms with Crippen LogP contribution in [0.2, 0.25) is 0 Å². The number of aliphatic hydroxyl groups is 3. The molecule has 5 N–H and O–H groups in total. The van der Waals surface area contributed by atoms with Crippen molar-refractivity contribution in [2.75, 3.05) is 12.8 Å². The lowest BCUT2D eigenvalue weighted by Gasteiger charge is -2.45. The summed E-state index contributed by atoms with van der Waals surface area (Å²) >= 11 is 1.28. The van der Waals surface area contributed by atoms with Gasteiger partial charge in [-0.05, 0) is 24.5 Å². The molecule has 0 aromatic rings. The minimum Gasteiger partial charge on any atom is -0.388 e. The molecule has 0 spiro atoms. The highest BCUT2D eigenvalue weighted by molar-refractivity contribution is 7.99. The van der Waals surface area contributed by atoms with Crippen LogP contribution in [-0.4, -0.2) is 76.0 Å². The molecule has 1 amide bonds. The molecule has 0 aromatic heterocycles. The molecule has 8 heteroatoms. The highest BCUT2D eigenvalue weighted by atomic mass is 32.2. The first-order chi connectivity index (χ1) is 12.8. The molecule has 27 heavy (non-hydrogen) atoms. The van der Waals surface area contributed by atoms with Gasteiger partial charge in [0, 0.05) is 6.54 Å². The van der Waals surface area contributed by atoms with E-state index in [-0.39, 0.29) is 17.9 Å². The van der Waals surface area contributed by atoms with Gasteiger partial charge in [0.25, 0.3) is 0 Å². The number of carbonyl (C=O) groups is 1. The van der Waals surface area contributed by atoms with Gasteiger partial charge in [0.2, 0.25) is 5.91 Å². The van der Waals surface area contributed by atoms with Gasteiger partial charge in [-0.2, -0.15) is 0 Å². The van der Waals surface area contributed by atoms with Crippen LogP contribution in [0.5, 0.6) is 0 Å². The number of thioether (sulfide) groups is 1. The summed E-state index contributed by atoms with van der Waals surface area (Å²) in [5.74, 6) is 0.253. The molecule has 2 saturated heterocycles. The largest absolute Gasteiger partial charge is 0.388 e. The summed E-state index contributed by atoms with van der Waals surface area (Å²) < 4.78 is 5.86. The number of unbranched alkanes of at least 4 members (excludes halogenated alkanes) is 2. The second kappa shape index (κ2) is 10.4. The van der Waals surface area contributed by atoms with Crippen LogP contribution in [0.3, 0.4) is 0 Å². The first-order valence-corrected chi connectivity index (χ1v) is 11.4. The second-order valence-electron chi connectivity index (χ2n) is 8.10. The molecule has 8 atom stereocenters. The van der Waals surface area contributed by atoms with E-state index in [0.717, 1.165) is 25.8 Å². The van der Waals surface area contributed by atoms with Gasteiger partial charge in [0.1, 0.15) is 29.9 Å². The molecular formula is C19H36N2O5S. The normalized spacial score (nSPS) is 37.7. The van der Waals surface area contributed by atoms with E-state index in [1.165, 1.54) is 18.2 Å². The summed E-state index contributed by atoms with van der Waals surface area (Å²) in [5, 5.41) is 36.9. The third-order valence-electron chi connectivity index (χ3n) is 5.75. The molecule has 2 fully saturated rings. The summed E-state index contributed by atoms with van der Waals surface area (Å²) in [4.78, 5) is 12.8. The molecule has 2 heterocycles. The minimum atomic E-state index is -1.30. The molecule has 2 rings (SSSR count). The average Bonchev–Trinajstić information content (AvgIpc) is 2.61. The SMILES string of the molecule is CCCCCC1CNC1C(=O)NC(C(C)C)C1OC(SC)C(O)C(O)C1O. The van der Waals surface area contributed by atoms with E-state index in [1.807, 2.05) is 13.8 Å². The summed E-state index contributed by atoms with van der Waals surface area (Å²) in [6.45, 7) is 6.91. The van der Waals surface area contributed by atoms with Crippen molar-refractivity contribution in [3.8, 4) is 0 Å². The van der Waals surface area contributed by atoms with E-state index in [1.54, 1.807) is 6.26 Å². The second-order valence-corrected chi connectivity index (χ2v) is 9.03. The Bertz CT molecular complexity index is 479. The number of hydrogen-bond donors (Lipinski definition) is 5. The molecule has 2 aliphatic heterocycles. The fourth-order valence-electron chi connectivity index (χ4n) is 3.88. The van der Waals surface area contributed by atoms with Crippen molar-refractivity contribution in [3.05, 3.63) is 0 Å². The third kappa shape index (κ3) is 5.36. The number of amides is 1. The van der Waals surface area contributed by atoms with E-state index < -0.39 is 35.9 Å². The number of nitrogens with one attached hydrogen (secondary N) is 2. The quantitative estimate of drug-likeness (QED) is 0.355. The van der Waals surface area contributed by atoms with Crippen LogP contribution >= 0.6 is 11.8 Å². The highest BCUT2D eigenvalue weighted by Crippen LogP contribution is 2.30. The van der Waals surface area contributed by atoms with Gasteiger partial charge < -0.3 is 30.7 Å². The van der Waals surface area contributed by atoms with Gasteiger partial charge in [-0.1, -0.05) is 40.0 Å². The topological polar surface area (TPSA) is 111 Å². The molecule has 0 bridgehead atoms. The lowest BCUT2D eigenvalue weighted by Crippen LogP contribution is -2.67. The molecule has 0 radical (unpaired) electrons. The Kier molecular flexibility index (Phi) is 8.83. The van der Waals surface area contributed by atoms with Crippen LogP contribution in [-0.2, 0) is 9.53 Å². The van der Waals surface area contributed by atoms with Gasteiger partial charge in [0.05, 0.1) is 12.1 Å². The minimum absolute atomic E-state index is 0.00262. The third-order valence-corrected chi connectivity index (χ3v) is 6.61. The van der Waals surface area contributed by atoms with Crippen molar-refractivity contribution < 1.29 is 24.9 Å². The van der Waals surface area contributed by atoms with E-state index >= 15 is 0 Å². The number of ether oxygens (including phenoxy) is 1. The monoisotopic (exact) mass is 404 g/mol. The van der Waals surface area contributed by atoms with E-state index in [9.17, 15) is 20.1 Å². The molecule has 0 saturated carbocycles. The molecule has 158 valence electrons. The van der Waals surface area contributed by atoms with E-state index in [0.29, 0.717) is 5.92 Å². The predicted octanol–water partition coefficient (Wildman–Crippen LogP) is 0.466. The number of carbonyl (C=O) groups excluding carboxylic acids is 1.